The molecule has 18 heavy (non-hydrogen) atoms. The number of morpholine rings is 1. The summed E-state index contributed by atoms with van der Waals surface area (Å²) in [5, 5.41) is -0.0972. The molecule has 98 valence electrons. The number of hydrogen-bond acceptors (Lipinski definition) is 2. The number of carbonyl (C=O) groups excluding carboxylic acids is 1. The fraction of sp³-hybridized carbons (Fsp3) is 0.364. The first-order valence-electron chi connectivity index (χ1n) is 5.14. The second-order valence-electron chi connectivity index (χ2n) is 3.76. The number of carbonyl (C=O) groups is 1. The molecule has 2 rings (SSSR count). The summed E-state index contributed by atoms with van der Waals surface area (Å²) in [6.45, 7) is 0.532. The number of nitrogens with zero attached hydrogens (tertiary/aromatic N) is 1. The first-order valence-corrected chi connectivity index (χ1v) is 5.52. The smallest absolute Gasteiger partial charge is 0.370 e. The summed E-state index contributed by atoms with van der Waals surface area (Å²) in [6, 6.07) is 2.93. The van der Waals surface area contributed by atoms with Crippen molar-refractivity contribution in [3.05, 3.63) is 28.8 Å². The Balaban J connectivity index is 2.32. The van der Waals surface area contributed by atoms with Crippen molar-refractivity contribution in [1.29, 1.82) is 0 Å². The number of anilines is 1. The molecule has 0 aliphatic carbocycles. The summed E-state index contributed by atoms with van der Waals surface area (Å²) in [6.07, 6.45) is -4.45. The molecule has 0 saturated carbocycles. The van der Waals surface area contributed by atoms with Gasteiger partial charge in [-0.3, -0.25) is 4.79 Å². The highest BCUT2D eigenvalue weighted by Crippen LogP contribution is 2.35. The van der Waals surface area contributed by atoms with Crippen LogP contribution in [0.3, 0.4) is 0 Å². The Morgan fingerprint density at radius 3 is 2.61 bits per heavy atom. The number of benzene rings is 1. The van der Waals surface area contributed by atoms with Crippen LogP contribution in [-0.4, -0.2) is 25.7 Å². The van der Waals surface area contributed by atoms with Crippen molar-refractivity contribution in [1.82, 2.24) is 0 Å². The van der Waals surface area contributed by atoms with E-state index in [-0.39, 0.29) is 29.8 Å². The molecule has 0 radical (unpaired) electrons. The monoisotopic (exact) mass is 279 g/mol. The van der Waals surface area contributed by atoms with Crippen LogP contribution in [-0.2, 0) is 15.7 Å². The summed E-state index contributed by atoms with van der Waals surface area (Å²) in [4.78, 5) is 12.9. The van der Waals surface area contributed by atoms with E-state index in [1.54, 1.807) is 0 Å². The molecular formula is C11H9ClF3NO2. The Kier molecular flexibility index (Phi) is 3.49. The Morgan fingerprint density at radius 1 is 1.33 bits per heavy atom. The molecule has 0 N–H and O–H groups in total. The minimum absolute atomic E-state index is 0.0860. The molecule has 0 bridgehead atoms. The van der Waals surface area contributed by atoms with Gasteiger partial charge in [0.05, 0.1) is 22.9 Å². The number of amides is 1. The van der Waals surface area contributed by atoms with Crippen molar-refractivity contribution >= 4 is 23.2 Å². The van der Waals surface area contributed by atoms with E-state index in [0.717, 1.165) is 12.1 Å². The summed E-state index contributed by atoms with van der Waals surface area (Å²) < 4.78 is 42.3. The topological polar surface area (TPSA) is 29.5 Å². The summed E-state index contributed by atoms with van der Waals surface area (Å²) in [5.74, 6) is -0.317. The first-order chi connectivity index (χ1) is 8.39. The lowest BCUT2D eigenvalue weighted by Crippen LogP contribution is -2.41. The van der Waals surface area contributed by atoms with Crippen LogP contribution in [0.5, 0.6) is 0 Å². The van der Waals surface area contributed by atoms with E-state index < -0.39 is 11.7 Å². The fourth-order valence-corrected chi connectivity index (χ4v) is 1.96. The lowest BCUT2D eigenvalue weighted by atomic mass is 10.2. The fourth-order valence-electron chi connectivity index (χ4n) is 1.67. The van der Waals surface area contributed by atoms with Gasteiger partial charge in [-0.25, -0.2) is 0 Å². The van der Waals surface area contributed by atoms with Crippen LogP contribution in [0.4, 0.5) is 18.9 Å². The van der Waals surface area contributed by atoms with Gasteiger partial charge in [-0.2, -0.15) is 13.2 Å². The molecule has 1 aromatic rings. The molecule has 0 unspecified atom stereocenters. The predicted molar refractivity (Wildman–Crippen MR) is 59.6 cm³/mol. The molecule has 3 nitrogen and oxygen atoms in total. The van der Waals surface area contributed by atoms with Gasteiger partial charge < -0.3 is 9.64 Å². The van der Waals surface area contributed by atoms with E-state index in [2.05, 4.69) is 0 Å². The molecule has 1 heterocycles. The molecule has 7 heteroatoms. The van der Waals surface area contributed by atoms with E-state index in [9.17, 15) is 18.0 Å². The van der Waals surface area contributed by atoms with E-state index in [1.165, 1.54) is 11.0 Å². The van der Waals surface area contributed by atoms with Gasteiger partial charge in [0.2, 0.25) is 0 Å². The largest absolute Gasteiger partial charge is 0.416 e. The van der Waals surface area contributed by atoms with Gasteiger partial charge in [-0.15, -0.1) is 0 Å². The van der Waals surface area contributed by atoms with E-state index in [4.69, 9.17) is 16.3 Å². The molecule has 0 spiro atoms. The summed E-state index contributed by atoms with van der Waals surface area (Å²) in [5.41, 5.74) is -0.560. The molecule has 1 aliphatic rings. The van der Waals surface area contributed by atoms with Crippen LogP contribution in [0.25, 0.3) is 0 Å². The Morgan fingerprint density at radius 2 is 2.06 bits per heavy atom. The van der Waals surface area contributed by atoms with Crippen LogP contribution in [0.15, 0.2) is 18.2 Å². The average Bonchev–Trinajstić information content (AvgIpc) is 2.29. The third-order valence-corrected chi connectivity index (χ3v) is 2.85. The molecule has 1 saturated heterocycles. The molecule has 1 aromatic carbocycles. The zero-order valence-electron chi connectivity index (χ0n) is 9.13. The highest BCUT2D eigenvalue weighted by atomic mass is 35.5. The van der Waals surface area contributed by atoms with Crippen molar-refractivity contribution in [2.45, 2.75) is 6.18 Å². The van der Waals surface area contributed by atoms with Crippen molar-refractivity contribution in [2.24, 2.45) is 0 Å². The minimum atomic E-state index is -4.45. The predicted octanol–water partition coefficient (Wildman–Crippen LogP) is 2.72. The highest BCUT2D eigenvalue weighted by molar-refractivity contribution is 6.34. The van der Waals surface area contributed by atoms with Gasteiger partial charge in [0.15, 0.2) is 0 Å². The second kappa shape index (κ2) is 4.78. The van der Waals surface area contributed by atoms with Crippen molar-refractivity contribution in [3.8, 4) is 0 Å². The molecule has 0 aromatic heterocycles. The Labute approximate surface area is 106 Å². The molecule has 1 aliphatic heterocycles. The lowest BCUT2D eigenvalue weighted by Gasteiger charge is -2.27. The first kappa shape index (κ1) is 13.2. The van der Waals surface area contributed by atoms with Crippen LogP contribution >= 0.6 is 11.6 Å². The highest BCUT2D eigenvalue weighted by Gasteiger charge is 2.32. The third kappa shape index (κ3) is 2.59. The maximum absolute atomic E-state index is 12.5. The Bertz CT molecular complexity index is 476. The van der Waals surface area contributed by atoms with Gasteiger partial charge in [0.1, 0.15) is 6.61 Å². The standard InChI is InChI=1S/C11H9ClF3NO2/c12-8-5-7(11(13,14)15)1-2-9(8)16-3-4-18-6-10(16)17/h1-2,5H,3-4,6H2. The number of halogens is 4. The van der Waals surface area contributed by atoms with Crippen molar-refractivity contribution in [3.63, 3.8) is 0 Å². The van der Waals surface area contributed by atoms with Crippen molar-refractivity contribution < 1.29 is 22.7 Å². The number of hydrogen-bond donors (Lipinski definition) is 0. The number of alkyl halides is 3. The zero-order chi connectivity index (χ0) is 13.3. The maximum Gasteiger partial charge on any atom is 0.416 e. The minimum Gasteiger partial charge on any atom is -0.370 e. The van der Waals surface area contributed by atoms with Crippen LogP contribution in [0.2, 0.25) is 5.02 Å². The van der Waals surface area contributed by atoms with Gasteiger partial charge in [-0.05, 0) is 18.2 Å². The SMILES string of the molecule is O=C1COCCN1c1ccc(C(F)(F)F)cc1Cl. The third-order valence-electron chi connectivity index (χ3n) is 2.55. The normalized spacial score (nSPS) is 17.1. The molecule has 1 amide bonds. The lowest BCUT2D eigenvalue weighted by molar-refractivity contribution is -0.137. The van der Waals surface area contributed by atoms with Gasteiger partial charge in [0.25, 0.3) is 5.91 Å². The average molecular weight is 280 g/mol. The van der Waals surface area contributed by atoms with Crippen molar-refractivity contribution in [2.75, 3.05) is 24.7 Å². The van der Waals surface area contributed by atoms with Crippen LogP contribution < -0.4 is 4.90 Å². The quantitative estimate of drug-likeness (QED) is 0.791. The molecule has 1 fully saturated rings. The molecule has 0 atom stereocenters. The van der Waals surface area contributed by atoms with Gasteiger partial charge in [0, 0.05) is 6.54 Å². The van der Waals surface area contributed by atoms with E-state index >= 15 is 0 Å². The number of rotatable bonds is 1. The second-order valence-corrected chi connectivity index (χ2v) is 4.17. The summed E-state index contributed by atoms with van der Waals surface area (Å²) >= 11 is 5.80. The Hall–Kier alpha value is -1.27. The van der Waals surface area contributed by atoms with E-state index in [1.807, 2.05) is 0 Å². The summed E-state index contributed by atoms with van der Waals surface area (Å²) in [7, 11) is 0. The van der Waals surface area contributed by atoms with Gasteiger partial charge in [-0.1, -0.05) is 11.6 Å². The van der Waals surface area contributed by atoms with Crippen LogP contribution in [0, 0.1) is 0 Å². The number of ether oxygens (including phenoxy) is 1. The van der Waals surface area contributed by atoms with Crippen LogP contribution in [0.1, 0.15) is 5.56 Å². The van der Waals surface area contributed by atoms with E-state index in [0.29, 0.717) is 6.61 Å². The maximum atomic E-state index is 12.5. The molecular weight excluding hydrogens is 271 g/mol. The zero-order valence-corrected chi connectivity index (χ0v) is 9.88. The van der Waals surface area contributed by atoms with Gasteiger partial charge >= 0.3 is 6.18 Å².